The Balaban J connectivity index is 1.82. The zero-order chi connectivity index (χ0) is 14.8. The fourth-order valence-electron chi connectivity index (χ4n) is 2.58. The molecule has 0 spiro atoms. The van der Waals surface area contributed by atoms with E-state index in [9.17, 15) is 0 Å². The van der Waals surface area contributed by atoms with Gasteiger partial charge in [0.05, 0.1) is 35.8 Å². The molecule has 6 heteroatoms. The van der Waals surface area contributed by atoms with Crippen molar-refractivity contribution in [1.29, 1.82) is 0 Å². The maximum absolute atomic E-state index is 6.09. The van der Waals surface area contributed by atoms with Crippen LogP contribution >= 0.6 is 15.9 Å². The molecule has 3 N–H and O–H groups in total. The van der Waals surface area contributed by atoms with Gasteiger partial charge in [-0.2, -0.15) is 0 Å². The molecule has 1 unspecified atom stereocenters. The van der Waals surface area contributed by atoms with Crippen LogP contribution in [0.5, 0.6) is 0 Å². The van der Waals surface area contributed by atoms with E-state index in [1.807, 2.05) is 18.2 Å². The number of nitrogen functional groups attached to an aromatic ring is 1. The molecule has 2 aromatic rings. The number of likely N-dealkylation sites (N-methyl/N-ethyl adjacent to an activating group) is 1. The fourth-order valence-corrected chi connectivity index (χ4v) is 2.94. The molecule has 1 atom stereocenters. The van der Waals surface area contributed by atoms with E-state index in [2.05, 4.69) is 38.2 Å². The number of hydrogen-bond acceptors (Lipinski definition) is 5. The summed E-state index contributed by atoms with van der Waals surface area (Å²) in [5.41, 5.74) is 8.60. The molecule has 0 bridgehead atoms. The predicted molar refractivity (Wildman–Crippen MR) is 89.6 cm³/mol. The van der Waals surface area contributed by atoms with Crippen LogP contribution in [0.4, 0.5) is 11.4 Å². The van der Waals surface area contributed by atoms with Crippen LogP contribution < -0.4 is 11.1 Å². The van der Waals surface area contributed by atoms with Crippen molar-refractivity contribution in [3.63, 3.8) is 0 Å². The number of halogens is 1. The van der Waals surface area contributed by atoms with Gasteiger partial charge in [-0.1, -0.05) is 15.9 Å². The predicted octanol–water partition coefficient (Wildman–Crippen LogP) is 2.32. The van der Waals surface area contributed by atoms with Crippen LogP contribution in [0.3, 0.4) is 0 Å². The van der Waals surface area contributed by atoms with E-state index in [0.29, 0.717) is 5.69 Å². The smallest absolute Gasteiger partial charge is 0.0874 e. The summed E-state index contributed by atoms with van der Waals surface area (Å²) in [5.74, 6) is 0. The van der Waals surface area contributed by atoms with Crippen LogP contribution in [0.2, 0.25) is 0 Å². The first-order chi connectivity index (χ1) is 10.1. The summed E-state index contributed by atoms with van der Waals surface area (Å²) >= 11 is 3.50. The van der Waals surface area contributed by atoms with Gasteiger partial charge in [0.25, 0.3) is 0 Å². The molecule has 1 saturated heterocycles. The van der Waals surface area contributed by atoms with Crippen molar-refractivity contribution >= 4 is 38.2 Å². The van der Waals surface area contributed by atoms with Gasteiger partial charge < -0.3 is 20.7 Å². The second kappa shape index (κ2) is 6.17. The molecule has 1 aliphatic rings. The molecular weight excluding hydrogens is 332 g/mol. The minimum atomic E-state index is 0.179. The second-order valence-electron chi connectivity index (χ2n) is 5.39. The van der Waals surface area contributed by atoms with Gasteiger partial charge in [-0.05, 0) is 25.2 Å². The minimum absolute atomic E-state index is 0.179. The molecule has 21 heavy (non-hydrogen) atoms. The lowest BCUT2D eigenvalue weighted by molar-refractivity contribution is -0.0117. The van der Waals surface area contributed by atoms with Crippen molar-refractivity contribution < 1.29 is 4.74 Å². The van der Waals surface area contributed by atoms with Gasteiger partial charge >= 0.3 is 0 Å². The SMILES string of the molecule is CN1CCOC(CNc2c(N)cnc3ccc(Br)cc23)C1. The van der Waals surface area contributed by atoms with Gasteiger partial charge in [0, 0.05) is 29.5 Å². The molecule has 3 rings (SSSR count). The number of pyridine rings is 1. The number of morpholine rings is 1. The van der Waals surface area contributed by atoms with Crippen molar-refractivity contribution in [3.8, 4) is 0 Å². The number of ether oxygens (including phenoxy) is 1. The van der Waals surface area contributed by atoms with Crippen molar-refractivity contribution in [2.45, 2.75) is 6.10 Å². The Hall–Kier alpha value is -1.37. The summed E-state index contributed by atoms with van der Waals surface area (Å²) in [4.78, 5) is 6.64. The Morgan fingerprint density at radius 3 is 3.19 bits per heavy atom. The summed E-state index contributed by atoms with van der Waals surface area (Å²) < 4.78 is 6.79. The summed E-state index contributed by atoms with van der Waals surface area (Å²) in [6.07, 6.45) is 1.88. The fraction of sp³-hybridized carbons (Fsp3) is 0.400. The summed E-state index contributed by atoms with van der Waals surface area (Å²) in [7, 11) is 2.11. The van der Waals surface area contributed by atoms with E-state index in [4.69, 9.17) is 10.5 Å². The molecular formula is C15H19BrN4O. The van der Waals surface area contributed by atoms with Gasteiger partial charge in [-0.25, -0.2) is 0 Å². The maximum Gasteiger partial charge on any atom is 0.0874 e. The highest BCUT2D eigenvalue weighted by Gasteiger charge is 2.18. The largest absolute Gasteiger partial charge is 0.396 e. The van der Waals surface area contributed by atoms with Gasteiger partial charge in [-0.15, -0.1) is 0 Å². The number of rotatable bonds is 3. The minimum Gasteiger partial charge on any atom is -0.396 e. The Kier molecular flexibility index (Phi) is 4.28. The van der Waals surface area contributed by atoms with Crippen LogP contribution in [-0.4, -0.2) is 49.3 Å². The maximum atomic E-state index is 6.09. The number of nitrogens with one attached hydrogen (secondary N) is 1. The quantitative estimate of drug-likeness (QED) is 0.889. The Labute approximate surface area is 132 Å². The van der Waals surface area contributed by atoms with E-state index in [1.54, 1.807) is 6.20 Å². The highest BCUT2D eigenvalue weighted by atomic mass is 79.9. The molecule has 2 heterocycles. The van der Waals surface area contributed by atoms with Crippen LogP contribution in [0.1, 0.15) is 0 Å². The van der Waals surface area contributed by atoms with Crippen LogP contribution in [0.25, 0.3) is 10.9 Å². The second-order valence-corrected chi connectivity index (χ2v) is 6.30. The molecule has 0 aliphatic carbocycles. The molecule has 0 radical (unpaired) electrons. The monoisotopic (exact) mass is 350 g/mol. The topological polar surface area (TPSA) is 63.4 Å². The zero-order valence-electron chi connectivity index (χ0n) is 12.0. The molecule has 5 nitrogen and oxygen atoms in total. The van der Waals surface area contributed by atoms with Gasteiger partial charge in [0.2, 0.25) is 0 Å². The average Bonchev–Trinajstić information content (AvgIpc) is 2.46. The van der Waals surface area contributed by atoms with Gasteiger partial charge in [-0.3, -0.25) is 4.98 Å². The lowest BCUT2D eigenvalue weighted by Crippen LogP contribution is -2.43. The number of aromatic nitrogens is 1. The third kappa shape index (κ3) is 3.28. The average molecular weight is 351 g/mol. The Morgan fingerprint density at radius 2 is 2.38 bits per heavy atom. The zero-order valence-corrected chi connectivity index (χ0v) is 13.6. The highest BCUT2D eigenvalue weighted by Crippen LogP contribution is 2.30. The highest BCUT2D eigenvalue weighted by molar-refractivity contribution is 9.10. The first kappa shape index (κ1) is 14.6. The molecule has 0 amide bonds. The van der Waals surface area contributed by atoms with Crippen molar-refractivity contribution in [1.82, 2.24) is 9.88 Å². The van der Waals surface area contributed by atoms with E-state index < -0.39 is 0 Å². The molecule has 0 saturated carbocycles. The number of anilines is 2. The third-order valence-electron chi connectivity index (χ3n) is 3.71. The number of hydrogen-bond donors (Lipinski definition) is 2. The molecule has 1 aromatic heterocycles. The molecule has 1 fully saturated rings. The number of nitrogens with zero attached hydrogens (tertiary/aromatic N) is 2. The van der Waals surface area contributed by atoms with Crippen LogP contribution in [0.15, 0.2) is 28.9 Å². The summed E-state index contributed by atoms with van der Waals surface area (Å²) in [6, 6.07) is 6.00. The van der Waals surface area contributed by atoms with Crippen molar-refractivity contribution in [3.05, 3.63) is 28.9 Å². The first-order valence-electron chi connectivity index (χ1n) is 7.01. The van der Waals surface area contributed by atoms with E-state index >= 15 is 0 Å². The summed E-state index contributed by atoms with van der Waals surface area (Å²) in [5, 5.41) is 4.46. The molecule has 112 valence electrons. The number of benzene rings is 1. The van der Waals surface area contributed by atoms with Crippen molar-refractivity contribution in [2.24, 2.45) is 0 Å². The third-order valence-corrected chi connectivity index (χ3v) is 4.20. The standard InChI is InChI=1S/C15H19BrN4O/c1-20-4-5-21-11(9-20)7-19-15-12-6-10(16)2-3-14(12)18-8-13(15)17/h2-3,6,8,11H,4-5,7,9,17H2,1H3,(H,18,19). The van der Waals surface area contributed by atoms with Crippen molar-refractivity contribution in [2.75, 3.05) is 44.3 Å². The molecule has 1 aliphatic heterocycles. The summed E-state index contributed by atoms with van der Waals surface area (Å²) in [6.45, 7) is 3.44. The number of nitrogens with two attached hydrogens (primary N) is 1. The lowest BCUT2D eigenvalue weighted by Gasteiger charge is -2.30. The van der Waals surface area contributed by atoms with E-state index in [-0.39, 0.29) is 6.10 Å². The van der Waals surface area contributed by atoms with E-state index in [1.165, 1.54) is 0 Å². The molecule has 1 aromatic carbocycles. The normalized spacial score (nSPS) is 19.8. The van der Waals surface area contributed by atoms with Gasteiger partial charge in [0.15, 0.2) is 0 Å². The number of fused-ring (bicyclic) bond motifs is 1. The Bertz CT molecular complexity index is 644. The van der Waals surface area contributed by atoms with Crippen LogP contribution in [-0.2, 0) is 4.74 Å². The lowest BCUT2D eigenvalue weighted by atomic mass is 10.1. The van der Waals surface area contributed by atoms with E-state index in [0.717, 1.165) is 47.3 Å². The van der Waals surface area contributed by atoms with Crippen LogP contribution in [0, 0.1) is 0 Å². The first-order valence-corrected chi connectivity index (χ1v) is 7.80. The Morgan fingerprint density at radius 1 is 1.52 bits per heavy atom. The van der Waals surface area contributed by atoms with Gasteiger partial charge in [0.1, 0.15) is 0 Å².